The molecule has 0 bridgehead atoms. The molecule has 0 N–H and O–H groups in total. The molecule has 0 spiro atoms. The molecule has 1 aliphatic carbocycles. The van der Waals surface area contributed by atoms with Crippen LogP contribution >= 0.6 is 0 Å². The van der Waals surface area contributed by atoms with Crippen LogP contribution in [0.15, 0.2) is 24.3 Å². The maximum Gasteiger partial charge on any atom is 0.246 e. The number of methoxy groups -OCH3 is 1. The molecule has 1 amide bonds. The molecular weight excluding hydrogens is 331 g/mol. The summed E-state index contributed by atoms with van der Waals surface area (Å²) in [6.07, 6.45) is 7.71. The molecule has 0 atom stereocenters. The van der Waals surface area contributed by atoms with Crippen LogP contribution in [0.4, 0.5) is 4.39 Å². The van der Waals surface area contributed by atoms with Gasteiger partial charge >= 0.3 is 0 Å². The van der Waals surface area contributed by atoms with Crippen LogP contribution in [-0.2, 0) is 4.79 Å². The highest BCUT2D eigenvalue weighted by molar-refractivity contribution is 5.92. The Morgan fingerprint density at radius 3 is 2.50 bits per heavy atom. The van der Waals surface area contributed by atoms with Gasteiger partial charge in [-0.2, -0.15) is 0 Å². The zero-order valence-electron chi connectivity index (χ0n) is 16.4. The SMILES string of the molecule is COc1ccc(C=CC(=O)N(CCN(C)C)C2CCC(C)CC2)cc1F. The van der Waals surface area contributed by atoms with Crippen molar-refractivity contribution in [2.24, 2.45) is 5.92 Å². The monoisotopic (exact) mass is 362 g/mol. The molecular formula is C21H31FN2O2. The molecule has 0 radical (unpaired) electrons. The summed E-state index contributed by atoms with van der Waals surface area (Å²) in [6, 6.07) is 5.01. The molecule has 0 unspecified atom stereocenters. The van der Waals surface area contributed by atoms with Crippen molar-refractivity contribution in [3.63, 3.8) is 0 Å². The summed E-state index contributed by atoms with van der Waals surface area (Å²) in [4.78, 5) is 16.9. The Labute approximate surface area is 156 Å². The van der Waals surface area contributed by atoms with E-state index >= 15 is 0 Å². The molecule has 0 saturated heterocycles. The van der Waals surface area contributed by atoms with E-state index in [-0.39, 0.29) is 11.7 Å². The van der Waals surface area contributed by atoms with E-state index in [2.05, 4.69) is 11.8 Å². The summed E-state index contributed by atoms with van der Waals surface area (Å²) in [6.45, 7) is 3.83. The van der Waals surface area contributed by atoms with Crippen LogP contribution in [0.1, 0.15) is 38.2 Å². The Morgan fingerprint density at radius 1 is 1.23 bits per heavy atom. The van der Waals surface area contributed by atoms with Crippen LogP contribution in [0.3, 0.4) is 0 Å². The van der Waals surface area contributed by atoms with Crippen molar-refractivity contribution >= 4 is 12.0 Å². The molecule has 1 aromatic carbocycles. The first-order chi connectivity index (χ1) is 12.4. The van der Waals surface area contributed by atoms with E-state index < -0.39 is 5.82 Å². The third-order valence-electron chi connectivity index (χ3n) is 5.09. The molecule has 2 rings (SSSR count). The topological polar surface area (TPSA) is 32.8 Å². The Balaban J connectivity index is 2.08. The second-order valence-electron chi connectivity index (χ2n) is 7.48. The number of ether oxygens (including phenoxy) is 1. The first-order valence-electron chi connectivity index (χ1n) is 9.37. The molecule has 5 heteroatoms. The second kappa shape index (κ2) is 9.72. The number of benzene rings is 1. The zero-order chi connectivity index (χ0) is 19.1. The minimum Gasteiger partial charge on any atom is -0.494 e. The smallest absolute Gasteiger partial charge is 0.246 e. The number of rotatable bonds is 7. The average molecular weight is 362 g/mol. The Bertz CT molecular complexity index is 622. The van der Waals surface area contributed by atoms with Crippen molar-refractivity contribution in [3.05, 3.63) is 35.7 Å². The largest absolute Gasteiger partial charge is 0.494 e. The van der Waals surface area contributed by atoms with Gasteiger partial charge in [0.05, 0.1) is 7.11 Å². The minimum absolute atomic E-state index is 0.00243. The van der Waals surface area contributed by atoms with E-state index in [0.29, 0.717) is 18.2 Å². The number of hydrogen-bond donors (Lipinski definition) is 0. The van der Waals surface area contributed by atoms with Crippen LogP contribution in [0.2, 0.25) is 0 Å². The fourth-order valence-corrected chi connectivity index (χ4v) is 3.38. The van der Waals surface area contributed by atoms with Crippen molar-refractivity contribution < 1.29 is 13.9 Å². The molecule has 1 saturated carbocycles. The van der Waals surface area contributed by atoms with Gasteiger partial charge in [0.1, 0.15) is 0 Å². The van der Waals surface area contributed by atoms with Crippen LogP contribution in [-0.4, -0.2) is 56.0 Å². The lowest BCUT2D eigenvalue weighted by atomic mass is 9.86. The number of amides is 1. The molecule has 0 aliphatic heterocycles. The highest BCUT2D eigenvalue weighted by atomic mass is 19.1. The van der Waals surface area contributed by atoms with Crippen molar-refractivity contribution in [2.45, 2.75) is 38.6 Å². The molecule has 1 aliphatic rings. The zero-order valence-corrected chi connectivity index (χ0v) is 16.4. The van der Waals surface area contributed by atoms with Crippen LogP contribution in [0.5, 0.6) is 5.75 Å². The van der Waals surface area contributed by atoms with Gasteiger partial charge in [0.25, 0.3) is 0 Å². The number of likely N-dealkylation sites (N-methyl/N-ethyl adjacent to an activating group) is 1. The lowest BCUT2D eigenvalue weighted by Gasteiger charge is -2.36. The van der Waals surface area contributed by atoms with E-state index in [1.165, 1.54) is 26.0 Å². The molecule has 0 heterocycles. The van der Waals surface area contributed by atoms with Crippen molar-refractivity contribution in [3.8, 4) is 5.75 Å². The lowest BCUT2D eigenvalue weighted by molar-refractivity contribution is -0.129. The van der Waals surface area contributed by atoms with Gasteiger partial charge in [0.15, 0.2) is 11.6 Å². The number of hydrogen-bond acceptors (Lipinski definition) is 3. The Hall–Kier alpha value is -1.88. The molecule has 0 aromatic heterocycles. The van der Waals surface area contributed by atoms with Gasteiger partial charge in [-0.05, 0) is 69.5 Å². The van der Waals surface area contributed by atoms with E-state index in [4.69, 9.17) is 4.74 Å². The predicted octanol–water partition coefficient (Wildman–Crippen LogP) is 3.82. The molecule has 1 fully saturated rings. The van der Waals surface area contributed by atoms with Gasteiger partial charge in [-0.15, -0.1) is 0 Å². The summed E-state index contributed by atoms with van der Waals surface area (Å²) in [5, 5.41) is 0. The maximum absolute atomic E-state index is 13.8. The first kappa shape index (κ1) is 20.4. The van der Waals surface area contributed by atoms with Gasteiger partial charge in [-0.1, -0.05) is 13.0 Å². The second-order valence-corrected chi connectivity index (χ2v) is 7.48. The third-order valence-corrected chi connectivity index (χ3v) is 5.09. The summed E-state index contributed by atoms with van der Waals surface area (Å²) >= 11 is 0. The maximum atomic E-state index is 13.8. The summed E-state index contributed by atoms with van der Waals surface area (Å²) < 4.78 is 18.7. The van der Waals surface area contributed by atoms with Gasteiger partial charge < -0.3 is 14.5 Å². The summed E-state index contributed by atoms with van der Waals surface area (Å²) in [7, 11) is 5.47. The Morgan fingerprint density at radius 2 is 1.92 bits per heavy atom. The third kappa shape index (κ3) is 5.84. The Kier molecular flexibility index (Phi) is 7.64. The number of carbonyl (C=O) groups excluding carboxylic acids is 1. The molecule has 144 valence electrons. The molecule has 4 nitrogen and oxygen atoms in total. The predicted molar refractivity (Wildman–Crippen MR) is 104 cm³/mol. The van der Waals surface area contributed by atoms with Crippen molar-refractivity contribution in [1.29, 1.82) is 0 Å². The highest BCUT2D eigenvalue weighted by Crippen LogP contribution is 2.27. The number of carbonyl (C=O) groups is 1. The van der Waals surface area contributed by atoms with Crippen molar-refractivity contribution in [2.75, 3.05) is 34.3 Å². The van der Waals surface area contributed by atoms with Gasteiger partial charge in [-0.25, -0.2) is 4.39 Å². The summed E-state index contributed by atoms with van der Waals surface area (Å²) in [5.74, 6) is 0.530. The number of halogens is 1. The quantitative estimate of drug-likeness (QED) is 0.692. The van der Waals surface area contributed by atoms with E-state index in [1.54, 1.807) is 24.3 Å². The number of nitrogens with zero attached hydrogens (tertiary/aromatic N) is 2. The first-order valence-corrected chi connectivity index (χ1v) is 9.37. The molecule has 1 aromatic rings. The summed E-state index contributed by atoms with van der Waals surface area (Å²) in [5.41, 5.74) is 0.654. The van der Waals surface area contributed by atoms with Crippen LogP contribution in [0, 0.1) is 11.7 Å². The molecule has 26 heavy (non-hydrogen) atoms. The van der Waals surface area contributed by atoms with E-state index in [1.807, 2.05) is 19.0 Å². The van der Waals surface area contributed by atoms with Crippen LogP contribution < -0.4 is 4.74 Å². The van der Waals surface area contributed by atoms with Gasteiger partial charge in [0, 0.05) is 25.2 Å². The lowest BCUT2D eigenvalue weighted by Crippen LogP contribution is -2.44. The van der Waals surface area contributed by atoms with E-state index in [0.717, 1.165) is 25.3 Å². The van der Waals surface area contributed by atoms with Gasteiger partial charge in [0.2, 0.25) is 5.91 Å². The van der Waals surface area contributed by atoms with Crippen molar-refractivity contribution in [1.82, 2.24) is 9.80 Å². The van der Waals surface area contributed by atoms with Gasteiger partial charge in [-0.3, -0.25) is 4.79 Å². The van der Waals surface area contributed by atoms with Crippen LogP contribution in [0.25, 0.3) is 6.08 Å². The fraction of sp³-hybridized carbons (Fsp3) is 0.571. The minimum atomic E-state index is -0.423. The van der Waals surface area contributed by atoms with E-state index in [9.17, 15) is 9.18 Å². The fourth-order valence-electron chi connectivity index (χ4n) is 3.38. The standard InChI is InChI=1S/C21H31FN2O2/c1-16-5-9-18(10-6-16)24(14-13-23(2)3)21(25)12-8-17-7-11-20(26-4)19(22)15-17/h7-8,11-12,15-16,18H,5-6,9-10,13-14H2,1-4H3. The highest BCUT2D eigenvalue weighted by Gasteiger charge is 2.26. The normalized spacial score (nSPS) is 20.5. The average Bonchev–Trinajstić information content (AvgIpc) is 2.61.